The van der Waals surface area contributed by atoms with Gasteiger partial charge in [-0.1, -0.05) is 24.3 Å². The van der Waals surface area contributed by atoms with Crippen molar-refractivity contribution < 1.29 is 14.4 Å². The van der Waals surface area contributed by atoms with Crippen molar-refractivity contribution in [2.75, 3.05) is 18.4 Å². The molecule has 3 aromatic rings. The van der Waals surface area contributed by atoms with Crippen molar-refractivity contribution in [3.63, 3.8) is 0 Å². The summed E-state index contributed by atoms with van der Waals surface area (Å²) in [5.41, 5.74) is 2.75. The Morgan fingerprint density at radius 3 is 2.62 bits per heavy atom. The van der Waals surface area contributed by atoms with E-state index in [0.717, 1.165) is 22.2 Å². The third-order valence-corrected chi connectivity index (χ3v) is 6.86. The molecule has 0 atom stereocenters. The van der Waals surface area contributed by atoms with Gasteiger partial charge in [0.15, 0.2) is 0 Å². The van der Waals surface area contributed by atoms with E-state index in [1.54, 1.807) is 11.8 Å². The number of amides is 3. The maximum Gasteiger partial charge on any atom is 0.254 e. The minimum Gasteiger partial charge on any atom is -0.361 e. The zero-order valence-corrected chi connectivity index (χ0v) is 18.1. The SMILES string of the molecule is CC(=O)N1CCC(CC(=O)Nc2ccc3cc[nH]c3c2)(N2Cc3ccccc3C2=O)CC1. The lowest BCUT2D eigenvalue weighted by atomic mass is 9.82. The van der Waals surface area contributed by atoms with Gasteiger partial charge in [0.2, 0.25) is 11.8 Å². The topological polar surface area (TPSA) is 85.5 Å². The molecule has 0 spiro atoms. The number of carbonyl (C=O) groups excluding carboxylic acids is 3. The number of hydrogen-bond acceptors (Lipinski definition) is 3. The molecule has 7 nitrogen and oxygen atoms in total. The molecule has 2 N–H and O–H groups in total. The van der Waals surface area contributed by atoms with Gasteiger partial charge in [0, 0.05) is 49.5 Å². The number of aromatic nitrogens is 1. The number of rotatable bonds is 4. The van der Waals surface area contributed by atoms with Crippen molar-refractivity contribution >= 4 is 34.3 Å². The third-order valence-electron chi connectivity index (χ3n) is 6.86. The number of anilines is 1. The number of nitrogens with zero attached hydrogens (tertiary/aromatic N) is 2. The summed E-state index contributed by atoms with van der Waals surface area (Å²) in [5, 5.41) is 4.09. The number of carbonyl (C=O) groups is 3. The molecule has 1 aromatic heterocycles. The molecular formula is C25H26N4O3. The largest absolute Gasteiger partial charge is 0.361 e. The molecular weight excluding hydrogens is 404 g/mol. The summed E-state index contributed by atoms with van der Waals surface area (Å²) in [7, 11) is 0. The van der Waals surface area contributed by atoms with Gasteiger partial charge in [-0.25, -0.2) is 0 Å². The molecule has 32 heavy (non-hydrogen) atoms. The Morgan fingerprint density at radius 1 is 1.09 bits per heavy atom. The summed E-state index contributed by atoms with van der Waals surface area (Å²) in [5.74, 6) is -0.133. The van der Waals surface area contributed by atoms with Gasteiger partial charge in [0.1, 0.15) is 0 Å². The monoisotopic (exact) mass is 430 g/mol. The highest BCUT2D eigenvalue weighted by atomic mass is 16.2. The minimum absolute atomic E-state index is 0.0262. The molecule has 2 aromatic carbocycles. The second-order valence-corrected chi connectivity index (χ2v) is 8.78. The van der Waals surface area contributed by atoms with Crippen LogP contribution in [-0.4, -0.2) is 51.1 Å². The van der Waals surface area contributed by atoms with E-state index in [9.17, 15) is 14.4 Å². The second kappa shape index (κ2) is 7.82. The van der Waals surface area contributed by atoms with Crippen LogP contribution in [0.3, 0.4) is 0 Å². The second-order valence-electron chi connectivity index (χ2n) is 8.78. The smallest absolute Gasteiger partial charge is 0.254 e. The van der Waals surface area contributed by atoms with Crippen LogP contribution in [0.15, 0.2) is 54.7 Å². The van der Waals surface area contributed by atoms with Crippen LogP contribution >= 0.6 is 0 Å². The van der Waals surface area contributed by atoms with E-state index in [1.165, 1.54) is 0 Å². The number of benzene rings is 2. The van der Waals surface area contributed by atoms with E-state index in [-0.39, 0.29) is 24.1 Å². The number of nitrogens with one attached hydrogen (secondary N) is 2. The Balaban J connectivity index is 1.39. The molecule has 3 heterocycles. The minimum atomic E-state index is -0.622. The van der Waals surface area contributed by atoms with E-state index in [1.807, 2.05) is 59.6 Å². The zero-order valence-electron chi connectivity index (χ0n) is 18.1. The molecule has 2 aliphatic heterocycles. The molecule has 0 radical (unpaired) electrons. The van der Waals surface area contributed by atoms with Crippen molar-refractivity contribution in [1.29, 1.82) is 0 Å². The summed E-state index contributed by atoms with van der Waals surface area (Å²) < 4.78 is 0. The maximum atomic E-state index is 13.3. The fourth-order valence-electron chi connectivity index (χ4n) is 5.05. The van der Waals surface area contributed by atoms with Crippen LogP contribution in [0, 0.1) is 0 Å². The predicted molar refractivity (Wildman–Crippen MR) is 122 cm³/mol. The molecule has 0 bridgehead atoms. The van der Waals surface area contributed by atoms with E-state index < -0.39 is 5.54 Å². The number of H-pyrrole nitrogens is 1. The number of likely N-dealkylation sites (tertiary alicyclic amines) is 1. The molecule has 7 heteroatoms. The lowest BCUT2D eigenvalue weighted by molar-refractivity contribution is -0.131. The van der Waals surface area contributed by atoms with Gasteiger partial charge in [0.05, 0.1) is 12.0 Å². The average Bonchev–Trinajstić information content (AvgIpc) is 3.38. The van der Waals surface area contributed by atoms with Gasteiger partial charge in [-0.05, 0) is 48.1 Å². The van der Waals surface area contributed by atoms with Crippen molar-refractivity contribution in [2.24, 2.45) is 0 Å². The first kappa shape index (κ1) is 20.3. The highest BCUT2D eigenvalue weighted by molar-refractivity contribution is 6.00. The molecule has 2 aliphatic rings. The standard InChI is InChI=1S/C25H26N4O3/c1-17(30)28-12-9-25(10-13-28,29-16-19-4-2-3-5-21(19)24(29)32)15-23(31)27-20-7-6-18-8-11-26-22(18)14-20/h2-8,11,14,26H,9-10,12-13,15-16H2,1H3,(H,27,31). The molecule has 0 aliphatic carbocycles. The van der Waals surface area contributed by atoms with E-state index in [4.69, 9.17) is 0 Å². The molecule has 5 rings (SSSR count). The van der Waals surface area contributed by atoms with Gasteiger partial charge in [-0.3, -0.25) is 14.4 Å². The number of hydrogen-bond donors (Lipinski definition) is 2. The third kappa shape index (κ3) is 3.53. The summed E-state index contributed by atoms with van der Waals surface area (Å²) in [6.45, 7) is 3.14. The quantitative estimate of drug-likeness (QED) is 0.664. The molecule has 0 saturated carbocycles. The Morgan fingerprint density at radius 2 is 1.88 bits per heavy atom. The highest BCUT2D eigenvalue weighted by Crippen LogP contribution is 2.39. The van der Waals surface area contributed by atoms with Crippen molar-refractivity contribution in [3.8, 4) is 0 Å². The summed E-state index contributed by atoms with van der Waals surface area (Å²) >= 11 is 0. The molecule has 0 unspecified atom stereocenters. The Kier molecular flexibility index (Phi) is 4.96. The fourth-order valence-corrected chi connectivity index (χ4v) is 5.05. The van der Waals surface area contributed by atoms with Crippen molar-refractivity contribution in [2.45, 2.75) is 38.3 Å². The van der Waals surface area contributed by atoms with Crippen LogP contribution in [0.4, 0.5) is 5.69 Å². The van der Waals surface area contributed by atoms with Crippen LogP contribution in [0.1, 0.15) is 42.1 Å². The summed E-state index contributed by atoms with van der Waals surface area (Å²) in [6, 6.07) is 15.4. The molecule has 164 valence electrons. The predicted octanol–water partition coefficient (Wildman–Crippen LogP) is 3.53. The van der Waals surface area contributed by atoms with Gasteiger partial charge < -0.3 is 20.1 Å². The zero-order chi connectivity index (χ0) is 22.3. The first-order valence-corrected chi connectivity index (χ1v) is 11.0. The van der Waals surface area contributed by atoms with E-state index >= 15 is 0 Å². The van der Waals surface area contributed by atoms with Gasteiger partial charge in [-0.2, -0.15) is 0 Å². The number of piperidine rings is 1. The van der Waals surface area contributed by atoms with Crippen LogP contribution in [0.25, 0.3) is 10.9 Å². The average molecular weight is 431 g/mol. The van der Waals surface area contributed by atoms with Crippen LogP contribution in [0.5, 0.6) is 0 Å². The van der Waals surface area contributed by atoms with Crippen LogP contribution in [0.2, 0.25) is 0 Å². The summed E-state index contributed by atoms with van der Waals surface area (Å²) in [4.78, 5) is 45.2. The number of fused-ring (bicyclic) bond motifs is 2. The summed E-state index contributed by atoms with van der Waals surface area (Å²) in [6.07, 6.45) is 3.22. The van der Waals surface area contributed by atoms with Gasteiger partial charge in [0.25, 0.3) is 5.91 Å². The molecule has 3 amide bonds. The Bertz CT molecular complexity index is 1210. The van der Waals surface area contributed by atoms with Crippen LogP contribution < -0.4 is 5.32 Å². The highest BCUT2D eigenvalue weighted by Gasteiger charge is 2.47. The lowest BCUT2D eigenvalue weighted by Crippen LogP contribution is -2.57. The van der Waals surface area contributed by atoms with Crippen molar-refractivity contribution in [1.82, 2.24) is 14.8 Å². The maximum absolute atomic E-state index is 13.3. The van der Waals surface area contributed by atoms with E-state index in [0.29, 0.717) is 38.0 Å². The normalized spacial score (nSPS) is 17.5. The lowest BCUT2D eigenvalue weighted by Gasteiger charge is -2.47. The Hall–Kier alpha value is -3.61. The van der Waals surface area contributed by atoms with E-state index in [2.05, 4.69) is 10.3 Å². The molecule has 1 saturated heterocycles. The first-order chi connectivity index (χ1) is 15.4. The fraction of sp³-hybridized carbons (Fsp3) is 0.320. The Labute approximate surface area is 186 Å². The van der Waals surface area contributed by atoms with Crippen molar-refractivity contribution in [3.05, 3.63) is 65.9 Å². The van der Waals surface area contributed by atoms with Gasteiger partial charge in [-0.15, -0.1) is 0 Å². The van der Waals surface area contributed by atoms with Gasteiger partial charge >= 0.3 is 0 Å². The molecule has 1 fully saturated rings. The van der Waals surface area contributed by atoms with Crippen LogP contribution in [-0.2, 0) is 16.1 Å². The first-order valence-electron chi connectivity index (χ1n) is 11.0. The number of aromatic amines is 1.